The number of nitrogens with one attached hydrogen (secondary N) is 2. The van der Waals surface area contributed by atoms with Crippen LogP contribution in [0.25, 0.3) is 11.1 Å². The van der Waals surface area contributed by atoms with Gasteiger partial charge in [-0.25, -0.2) is 0 Å². The van der Waals surface area contributed by atoms with Gasteiger partial charge in [0.05, 0.1) is 34.0 Å². The second-order valence-electron chi connectivity index (χ2n) is 10.4. The molecule has 0 heterocycles. The number of thiocarbonyl (C=S) groups is 1. The third kappa shape index (κ3) is 4.74. The van der Waals surface area contributed by atoms with E-state index in [0.717, 1.165) is 22.4 Å². The average molecular weight is 571 g/mol. The zero-order chi connectivity index (χ0) is 29.5. The molecular weight excluding hydrogens is 544 g/mol. The summed E-state index contributed by atoms with van der Waals surface area (Å²) >= 11 is 5.51. The molecule has 4 aromatic rings. The van der Waals surface area contributed by atoms with Crippen molar-refractivity contribution in [2.45, 2.75) is 13.8 Å². The molecule has 0 fully saturated rings. The lowest BCUT2D eigenvalue weighted by Gasteiger charge is -2.31. The third-order valence-electron chi connectivity index (χ3n) is 7.42. The molecule has 1 unspecified atom stereocenters. The molecule has 0 aliphatic heterocycles. The number of allylic oxidation sites excluding steroid dienone is 3. The van der Waals surface area contributed by atoms with Crippen LogP contribution in [-0.2, 0) is 0 Å². The molecular formula is C35H26N2O4S. The zero-order valence-electron chi connectivity index (χ0n) is 22.9. The smallest absolute Gasteiger partial charge is 0.255 e. The van der Waals surface area contributed by atoms with Gasteiger partial charge in [-0.2, -0.15) is 0 Å². The molecule has 0 bridgehead atoms. The van der Waals surface area contributed by atoms with E-state index in [1.807, 2.05) is 68.4 Å². The Balaban J connectivity index is 1.66. The lowest BCUT2D eigenvalue weighted by Crippen LogP contribution is -2.37. The monoisotopic (exact) mass is 570 g/mol. The Bertz CT molecular complexity index is 1850. The second-order valence-corrected chi connectivity index (χ2v) is 10.9. The number of amides is 1. The molecule has 0 saturated heterocycles. The Kier molecular flexibility index (Phi) is 6.88. The number of anilines is 3. The zero-order valence-corrected chi connectivity index (χ0v) is 23.7. The van der Waals surface area contributed by atoms with Crippen LogP contribution in [0.3, 0.4) is 0 Å². The molecule has 1 amide bonds. The molecule has 7 heteroatoms. The number of hydrogen-bond donors (Lipinski definition) is 3. The molecule has 6 nitrogen and oxygen atoms in total. The van der Waals surface area contributed by atoms with E-state index in [1.165, 1.54) is 12.2 Å². The highest BCUT2D eigenvalue weighted by molar-refractivity contribution is 7.80. The molecule has 3 N–H and O–H groups in total. The fourth-order valence-corrected chi connectivity index (χ4v) is 5.93. The van der Waals surface area contributed by atoms with Gasteiger partial charge in [-0.1, -0.05) is 66.8 Å². The topological polar surface area (TPSA) is 95.5 Å². The van der Waals surface area contributed by atoms with Crippen molar-refractivity contribution in [2.75, 3.05) is 10.6 Å². The van der Waals surface area contributed by atoms with Crippen LogP contribution in [0.5, 0.6) is 0 Å². The molecule has 42 heavy (non-hydrogen) atoms. The number of hydrogen-bond acceptors (Lipinski definition) is 6. The van der Waals surface area contributed by atoms with Gasteiger partial charge in [0, 0.05) is 21.7 Å². The second kappa shape index (κ2) is 10.7. The van der Waals surface area contributed by atoms with E-state index in [1.54, 1.807) is 30.3 Å². The van der Waals surface area contributed by atoms with Gasteiger partial charge in [0.1, 0.15) is 5.76 Å². The summed E-state index contributed by atoms with van der Waals surface area (Å²) < 4.78 is 0. The van der Waals surface area contributed by atoms with Crippen molar-refractivity contribution in [3.63, 3.8) is 0 Å². The van der Waals surface area contributed by atoms with Crippen LogP contribution in [0, 0.1) is 19.8 Å². The van der Waals surface area contributed by atoms with Crippen LogP contribution < -0.4 is 10.6 Å². The van der Waals surface area contributed by atoms with Crippen molar-refractivity contribution in [2.24, 2.45) is 5.92 Å². The van der Waals surface area contributed by atoms with Crippen molar-refractivity contribution >= 4 is 51.6 Å². The Labute approximate surface area is 248 Å². The predicted octanol–water partition coefficient (Wildman–Crippen LogP) is 7.71. The van der Waals surface area contributed by atoms with E-state index in [4.69, 9.17) is 12.2 Å². The summed E-state index contributed by atoms with van der Waals surface area (Å²) in [7, 11) is 0. The van der Waals surface area contributed by atoms with Gasteiger partial charge in [-0.05, 0) is 73.0 Å². The van der Waals surface area contributed by atoms with Gasteiger partial charge in [0.15, 0.2) is 11.6 Å². The molecule has 0 saturated carbocycles. The maximum atomic E-state index is 14.4. The summed E-state index contributed by atoms with van der Waals surface area (Å²) in [5.74, 6) is -2.86. The van der Waals surface area contributed by atoms with Crippen LogP contribution in [0.4, 0.5) is 17.1 Å². The number of aryl methyl sites for hydroxylation is 2. The van der Waals surface area contributed by atoms with Gasteiger partial charge in [-0.3, -0.25) is 14.4 Å². The fourth-order valence-electron chi connectivity index (χ4n) is 5.64. The van der Waals surface area contributed by atoms with E-state index >= 15 is 0 Å². The number of aliphatic hydroxyl groups is 1. The first-order valence-corrected chi connectivity index (χ1v) is 13.9. The number of carbonyl (C=O) groups is 3. The minimum atomic E-state index is -1.14. The quantitative estimate of drug-likeness (QED) is 0.213. The predicted molar refractivity (Wildman–Crippen MR) is 169 cm³/mol. The van der Waals surface area contributed by atoms with Gasteiger partial charge in [0.25, 0.3) is 5.91 Å². The molecule has 0 aromatic heterocycles. The lowest BCUT2D eigenvalue weighted by atomic mass is 9.72. The number of aliphatic hydroxyl groups excluding tert-OH is 1. The minimum Gasteiger partial charge on any atom is -0.507 e. The van der Waals surface area contributed by atoms with Crippen LogP contribution in [0.1, 0.15) is 42.2 Å². The first-order chi connectivity index (χ1) is 20.2. The maximum absolute atomic E-state index is 14.4. The van der Waals surface area contributed by atoms with Crippen molar-refractivity contribution < 1.29 is 19.5 Å². The van der Waals surface area contributed by atoms with Crippen molar-refractivity contribution in [3.05, 3.63) is 136 Å². The summed E-state index contributed by atoms with van der Waals surface area (Å²) in [6, 6.07) is 25.7. The molecule has 206 valence electrons. The summed E-state index contributed by atoms with van der Waals surface area (Å²) in [6.07, 6.45) is 2.81. The van der Waals surface area contributed by atoms with Crippen LogP contribution in [-0.4, -0.2) is 27.4 Å². The largest absolute Gasteiger partial charge is 0.507 e. The van der Waals surface area contributed by atoms with Crippen LogP contribution in [0.15, 0.2) is 108 Å². The summed E-state index contributed by atoms with van der Waals surface area (Å²) in [6.45, 7) is 3.95. The minimum absolute atomic E-state index is 0.0525. The molecule has 2 aliphatic rings. The van der Waals surface area contributed by atoms with Gasteiger partial charge in [0.2, 0.25) is 0 Å². The van der Waals surface area contributed by atoms with Crippen molar-refractivity contribution in [1.82, 2.24) is 0 Å². The Morgan fingerprint density at radius 1 is 0.833 bits per heavy atom. The molecule has 4 aromatic carbocycles. The molecule has 1 atom stereocenters. The highest BCUT2D eigenvalue weighted by Gasteiger charge is 2.45. The molecule has 0 radical (unpaired) electrons. The van der Waals surface area contributed by atoms with Gasteiger partial charge >= 0.3 is 0 Å². The Morgan fingerprint density at radius 3 is 2.14 bits per heavy atom. The standard InChI is InChI=1S/C35H26N2O4S/c1-19-15-20(2)17-23(16-19)36-25-18-24(21-9-5-3-6-10-21)32(37-35(41)22-11-7-4-8-12-22)31-28(25)33(39)29-26(38)13-14-27(42)30(29)34(31)40/h3-18,30,36,38H,1-2H3,(H,37,41). The van der Waals surface area contributed by atoms with Crippen molar-refractivity contribution in [1.29, 1.82) is 0 Å². The van der Waals surface area contributed by atoms with E-state index in [-0.39, 0.29) is 33.0 Å². The number of fused-ring (bicyclic) bond motifs is 2. The SMILES string of the molecule is Cc1cc(C)cc(Nc2cc(-c3ccccc3)c(NC(=O)c3ccccc3)c3c2C(=O)C2=C(O)C=CC(=S)C2C3=O)c1. The number of rotatable bonds is 5. The maximum Gasteiger partial charge on any atom is 0.255 e. The number of carbonyl (C=O) groups excluding carboxylic acids is 3. The van der Waals surface area contributed by atoms with Crippen LogP contribution >= 0.6 is 12.2 Å². The van der Waals surface area contributed by atoms with E-state index in [9.17, 15) is 19.5 Å². The highest BCUT2D eigenvalue weighted by Crippen LogP contribution is 2.46. The molecule has 6 rings (SSSR count). The lowest BCUT2D eigenvalue weighted by molar-refractivity contribution is 0.0907. The Morgan fingerprint density at radius 2 is 1.48 bits per heavy atom. The van der Waals surface area contributed by atoms with Crippen molar-refractivity contribution in [3.8, 4) is 11.1 Å². The normalized spacial score (nSPS) is 15.8. The average Bonchev–Trinajstić information content (AvgIpc) is 2.97. The van der Waals surface area contributed by atoms with E-state index in [0.29, 0.717) is 16.8 Å². The molecule has 0 spiro atoms. The summed E-state index contributed by atoms with van der Waals surface area (Å²) in [5, 5.41) is 17.1. The van der Waals surface area contributed by atoms with Gasteiger partial charge < -0.3 is 15.7 Å². The first kappa shape index (κ1) is 27.1. The Hall–Kier alpha value is -5.14. The third-order valence-corrected chi connectivity index (χ3v) is 7.79. The fraction of sp³-hybridized carbons (Fsp3) is 0.0857. The van der Waals surface area contributed by atoms with E-state index < -0.39 is 23.4 Å². The number of Topliss-reactive ketones (excluding diaryl/α,β-unsaturated/α-hetero) is 2. The summed E-state index contributed by atoms with van der Waals surface area (Å²) in [4.78, 5) is 42.4. The molecule has 2 aliphatic carbocycles. The van der Waals surface area contributed by atoms with E-state index in [2.05, 4.69) is 10.6 Å². The number of ketones is 2. The number of benzene rings is 4. The van der Waals surface area contributed by atoms with Gasteiger partial charge in [-0.15, -0.1) is 0 Å². The summed E-state index contributed by atoms with van der Waals surface area (Å²) in [5.41, 5.74) is 5.11. The first-order valence-electron chi connectivity index (χ1n) is 13.4. The van der Waals surface area contributed by atoms with Crippen LogP contribution in [0.2, 0.25) is 0 Å². The highest BCUT2D eigenvalue weighted by atomic mass is 32.1.